The predicted octanol–water partition coefficient (Wildman–Crippen LogP) is 1.57. The molecule has 0 aliphatic rings. The lowest BCUT2D eigenvalue weighted by atomic mass is 10.1. The molecule has 0 unspecified atom stereocenters. The van der Waals surface area contributed by atoms with Crippen molar-refractivity contribution in [2.45, 2.75) is 6.92 Å². The zero-order valence-electron chi connectivity index (χ0n) is 8.11. The molecule has 4 nitrogen and oxygen atoms in total. The Bertz CT molecular complexity index is 481. The number of aryl methyl sites for hydroxylation is 1. The van der Waals surface area contributed by atoms with Gasteiger partial charge in [0.05, 0.1) is 12.4 Å². The van der Waals surface area contributed by atoms with Crippen molar-refractivity contribution in [2.75, 3.05) is 5.73 Å². The Hall–Kier alpha value is -2.04. The zero-order valence-corrected chi connectivity index (χ0v) is 8.11. The molecule has 15 heavy (non-hydrogen) atoms. The summed E-state index contributed by atoms with van der Waals surface area (Å²) in [6.45, 7) is 1.87. The maximum absolute atomic E-state index is 12.6. The van der Waals surface area contributed by atoms with Crippen molar-refractivity contribution in [1.82, 2.24) is 15.0 Å². The van der Waals surface area contributed by atoms with Crippen LogP contribution in [-0.4, -0.2) is 15.0 Å². The Morgan fingerprint density at radius 3 is 2.47 bits per heavy atom. The molecule has 0 radical (unpaired) electrons. The van der Waals surface area contributed by atoms with Gasteiger partial charge in [-0.05, 0) is 18.6 Å². The average Bonchev–Trinajstić information content (AvgIpc) is 2.23. The summed E-state index contributed by atoms with van der Waals surface area (Å²) in [6.07, 6.45) is 3.88. The van der Waals surface area contributed by atoms with E-state index < -0.39 is 5.82 Å². The molecule has 0 aliphatic heterocycles. The highest BCUT2D eigenvalue weighted by Gasteiger charge is 2.06. The third-order valence-corrected chi connectivity index (χ3v) is 1.99. The summed E-state index contributed by atoms with van der Waals surface area (Å²) in [5.74, 6) is 0.380. The van der Waals surface area contributed by atoms with Gasteiger partial charge >= 0.3 is 0 Å². The van der Waals surface area contributed by atoms with Crippen molar-refractivity contribution < 1.29 is 4.39 Å². The predicted molar refractivity (Wildman–Crippen MR) is 54.4 cm³/mol. The highest BCUT2D eigenvalue weighted by atomic mass is 19.1. The fourth-order valence-corrected chi connectivity index (χ4v) is 1.23. The molecular weight excluding hydrogens is 195 g/mol. The summed E-state index contributed by atoms with van der Waals surface area (Å²) in [5, 5.41) is 0. The lowest BCUT2D eigenvalue weighted by molar-refractivity contribution is 0.614. The van der Waals surface area contributed by atoms with Crippen LogP contribution in [0, 0.1) is 12.7 Å². The van der Waals surface area contributed by atoms with Gasteiger partial charge in [-0.25, -0.2) is 19.3 Å². The number of halogens is 1. The van der Waals surface area contributed by atoms with Gasteiger partial charge in [-0.1, -0.05) is 0 Å². The van der Waals surface area contributed by atoms with E-state index in [1.54, 1.807) is 12.3 Å². The van der Waals surface area contributed by atoms with Crippen LogP contribution in [0.1, 0.15) is 5.56 Å². The molecule has 0 saturated carbocycles. The first-order chi connectivity index (χ1) is 7.16. The van der Waals surface area contributed by atoms with E-state index in [2.05, 4.69) is 15.0 Å². The van der Waals surface area contributed by atoms with Gasteiger partial charge in [0.1, 0.15) is 5.82 Å². The monoisotopic (exact) mass is 204 g/mol. The molecule has 0 amide bonds. The standard InChI is InChI=1S/C10H9FN4/c1-6-3-13-9(12)2-8(6)10-14-4-7(11)5-15-10/h2-5H,1H3,(H2,12,13). The van der Waals surface area contributed by atoms with Crippen molar-refractivity contribution in [3.8, 4) is 11.4 Å². The first kappa shape index (κ1) is 9.51. The second kappa shape index (κ2) is 3.61. The Morgan fingerprint density at radius 2 is 1.80 bits per heavy atom. The molecule has 0 spiro atoms. The molecule has 2 rings (SSSR count). The lowest BCUT2D eigenvalue weighted by Crippen LogP contribution is -1.96. The first-order valence-corrected chi connectivity index (χ1v) is 4.37. The maximum Gasteiger partial charge on any atom is 0.159 e. The van der Waals surface area contributed by atoms with Crippen LogP contribution >= 0.6 is 0 Å². The Kier molecular flexibility index (Phi) is 2.29. The van der Waals surface area contributed by atoms with E-state index in [1.165, 1.54) is 0 Å². The van der Waals surface area contributed by atoms with Crippen molar-refractivity contribution in [3.05, 3.63) is 36.0 Å². The van der Waals surface area contributed by atoms with Gasteiger partial charge in [0.2, 0.25) is 0 Å². The molecule has 2 N–H and O–H groups in total. The number of hydrogen-bond acceptors (Lipinski definition) is 4. The molecule has 0 fully saturated rings. The van der Waals surface area contributed by atoms with Gasteiger partial charge < -0.3 is 5.73 Å². The summed E-state index contributed by atoms with van der Waals surface area (Å²) < 4.78 is 12.6. The lowest BCUT2D eigenvalue weighted by Gasteiger charge is -2.04. The van der Waals surface area contributed by atoms with Crippen LogP contribution in [0.2, 0.25) is 0 Å². The molecule has 2 aromatic rings. The molecule has 0 atom stereocenters. The van der Waals surface area contributed by atoms with Gasteiger partial charge in [-0.3, -0.25) is 0 Å². The largest absolute Gasteiger partial charge is 0.384 e. The fraction of sp³-hybridized carbons (Fsp3) is 0.100. The summed E-state index contributed by atoms with van der Waals surface area (Å²) in [6, 6.07) is 1.67. The highest BCUT2D eigenvalue weighted by Crippen LogP contribution is 2.20. The Labute approximate surface area is 86.0 Å². The number of pyridine rings is 1. The van der Waals surface area contributed by atoms with E-state index in [-0.39, 0.29) is 0 Å². The van der Waals surface area contributed by atoms with E-state index >= 15 is 0 Å². The van der Waals surface area contributed by atoms with E-state index in [4.69, 9.17) is 5.73 Å². The van der Waals surface area contributed by atoms with Crippen LogP contribution in [0.25, 0.3) is 11.4 Å². The van der Waals surface area contributed by atoms with Gasteiger partial charge in [0, 0.05) is 11.8 Å². The number of aromatic nitrogens is 3. The minimum Gasteiger partial charge on any atom is -0.384 e. The van der Waals surface area contributed by atoms with E-state index in [0.29, 0.717) is 11.6 Å². The first-order valence-electron chi connectivity index (χ1n) is 4.37. The number of anilines is 1. The van der Waals surface area contributed by atoms with Crippen LogP contribution in [0.3, 0.4) is 0 Å². The van der Waals surface area contributed by atoms with Gasteiger partial charge in [0.25, 0.3) is 0 Å². The SMILES string of the molecule is Cc1cnc(N)cc1-c1ncc(F)cn1. The summed E-state index contributed by atoms with van der Waals surface area (Å²) >= 11 is 0. The van der Waals surface area contributed by atoms with Gasteiger partial charge in [0.15, 0.2) is 11.6 Å². The third-order valence-electron chi connectivity index (χ3n) is 1.99. The molecule has 0 aliphatic carbocycles. The second-order valence-corrected chi connectivity index (χ2v) is 3.15. The number of nitrogen functional groups attached to an aromatic ring is 1. The van der Waals surface area contributed by atoms with Crippen LogP contribution < -0.4 is 5.73 Å². The smallest absolute Gasteiger partial charge is 0.159 e. The normalized spacial score (nSPS) is 10.3. The number of nitrogens with zero attached hydrogens (tertiary/aromatic N) is 3. The second-order valence-electron chi connectivity index (χ2n) is 3.15. The molecule has 0 saturated heterocycles. The quantitative estimate of drug-likeness (QED) is 0.765. The van der Waals surface area contributed by atoms with Crippen LogP contribution in [-0.2, 0) is 0 Å². The Balaban J connectivity index is 2.53. The van der Waals surface area contributed by atoms with Crippen LogP contribution in [0.4, 0.5) is 10.2 Å². The van der Waals surface area contributed by atoms with E-state index in [1.807, 2.05) is 6.92 Å². The number of hydrogen-bond donors (Lipinski definition) is 1. The molecule has 0 bridgehead atoms. The molecular formula is C10H9FN4. The molecule has 2 aromatic heterocycles. The number of rotatable bonds is 1. The minimum atomic E-state index is -0.460. The fourth-order valence-electron chi connectivity index (χ4n) is 1.23. The van der Waals surface area contributed by atoms with Crippen molar-refractivity contribution >= 4 is 5.82 Å². The van der Waals surface area contributed by atoms with Crippen LogP contribution in [0.5, 0.6) is 0 Å². The Morgan fingerprint density at radius 1 is 1.13 bits per heavy atom. The van der Waals surface area contributed by atoms with Crippen molar-refractivity contribution in [3.63, 3.8) is 0 Å². The maximum atomic E-state index is 12.6. The number of nitrogens with two attached hydrogens (primary N) is 1. The molecule has 76 valence electrons. The summed E-state index contributed by atoms with van der Waals surface area (Å²) in [5.41, 5.74) is 7.22. The van der Waals surface area contributed by atoms with E-state index in [9.17, 15) is 4.39 Å². The van der Waals surface area contributed by atoms with Crippen molar-refractivity contribution in [1.29, 1.82) is 0 Å². The van der Waals surface area contributed by atoms with Gasteiger partial charge in [-0.15, -0.1) is 0 Å². The third kappa shape index (κ3) is 1.90. The topological polar surface area (TPSA) is 64.7 Å². The summed E-state index contributed by atoms with van der Waals surface area (Å²) in [7, 11) is 0. The van der Waals surface area contributed by atoms with Gasteiger partial charge in [-0.2, -0.15) is 0 Å². The minimum absolute atomic E-state index is 0.392. The summed E-state index contributed by atoms with van der Waals surface area (Å²) in [4.78, 5) is 11.7. The zero-order chi connectivity index (χ0) is 10.8. The van der Waals surface area contributed by atoms with Crippen molar-refractivity contribution in [2.24, 2.45) is 0 Å². The molecule has 2 heterocycles. The highest BCUT2D eigenvalue weighted by molar-refractivity contribution is 5.62. The average molecular weight is 204 g/mol. The molecule has 0 aromatic carbocycles. The van der Waals surface area contributed by atoms with Crippen LogP contribution in [0.15, 0.2) is 24.7 Å². The van der Waals surface area contributed by atoms with E-state index in [0.717, 1.165) is 23.5 Å². The molecule has 5 heteroatoms.